The molecule has 4 nitrogen and oxygen atoms in total. The highest BCUT2D eigenvalue weighted by Crippen LogP contribution is 2.31. The lowest BCUT2D eigenvalue weighted by Gasteiger charge is -2.21. The molecule has 0 aliphatic heterocycles. The number of hydrogen-bond donors (Lipinski definition) is 1. The Bertz CT molecular complexity index is 513. The van der Waals surface area contributed by atoms with E-state index >= 15 is 0 Å². The largest absolute Gasteiger partial charge is 0.573 e. The molecule has 7 heteroatoms. The lowest BCUT2D eigenvalue weighted by atomic mass is 10.1. The number of hydrogen-bond acceptors (Lipinski definition) is 3. The number of ether oxygens (including phenoxy) is 1. The Balaban J connectivity index is 2.17. The summed E-state index contributed by atoms with van der Waals surface area (Å²) in [5, 5.41) is 0. The molecule has 0 saturated heterocycles. The van der Waals surface area contributed by atoms with Crippen LogP contribution in [-0.2, 0) is 0 Å². The quantitative estimate of drug-likeness (QED) is 0.867. The molecule has 0 bridgehead atoms. The fraction of sp³-hybridized carbons (Fsp3) is 0.462. The number of anilines is 1. The third-order valence-corrected chi connectivity index (χ3v) is 3.07. The standard InChI is InChI=1S/C13H15F3N2O2/c1-2-18(9-4-5-9)12(19)8-3-6-11(10(17)7-8)20-13(14,15)16/h3,6-7,9H,2,4-5,17H2,1H3. The predicted octanol–water partition coefficient (Wildman–Crippen LogP) is 2.79. The van der Waals surface area contributed by atoms with E-state index in [0.717, 1.165) is 18.9 Å². The van der Waals surface area contributed by atoms with E-state index in [0.29, 0.717) is 6.54 Å². The van der Waals surface area contributed by atoms with Gasteiger partial charge in [-0.25, -0.2) is 0 Å². The number of nitrogen functional groups attached to an aromatic ring is 1. The first-order valence-corrected chi connectivity index (χ1v) is 6.28. The average molecular weight is 288 g/mol. The molecule has 2 N–H and O–H groups in total. The number of carbonyl (C=O) groups is 1. The lowest BCUT2D eigenvalue weighted by molar-refractivity contribution is -0.274. The number of nitrogens with two attached hydrogens (primary N) is 1. The lowest BCUT2D eigenvalue weighted by Crippen LogP contribution is -2.32. The zero-order valence-corrected chi connectivity index (χ0v) is 10.9. The minimum absolute atomic E-state index is 0.208. The van der Waals surface area contributed by atoms with Gasteiger partial charge in [-0.3, -0.25) is 4.79 Å². The van der Waals surface area contributed by atoms with Crippen molar-refractivity contribution in [3.8, 4) is 5.75 Å². The van der Waals surface area contributed by atoms with Gasteiger partial charge in [0, 0.05) is 18.2 Å². The number of carbonyl (C=O) groups excluding carboxylic acids is 1. The van der Waals surface area contributed by atoms with Gasteiger partial charge in [0.1, 0.15) is 0 Å². The summed E-state index contributed by atoms with van der Waals surface area (Å²) < 4.78 is 40.1. The first kappa shape index (κ1) is 14.5. The van der Waals surface area contributed by atoms with E-state index in [2.05, 4.69) is 4.74 Å². The van der Waals surface area contributed by atoms with Crippen molar-refractivity contribution >= 4 is 11.6 Å². The van der Waals surface area contributed by atoms with E-state index in [1.165, 1.54) is 12.1 Å². The second-order valence-electron chi connectivity index (χ2n) is 4.62. The van der Waals surface area contributed by atoms with E-state index < -0.39 is 12.1 Å². The maximum absolute atomic E-state index is 12.2. The number of benzene rings is 1. The molecule has 0 spiro atoms. The third-order valence-electron chi connectivity index (χ3n) is 3.07. The number of rotatable bonds is 4. The van der Waals surface area contributed by atoms with E-state index in [-0.39, 0.29) is 23.2 Å². The van der Waals surface area contributed by atoms with Crippen molar-refractivity contribution in [2.24, 2.45) is 0 Å². The summed E-state index contributed by atoms with van der Waals surface area (Å²) >= 11 is 0. The number of alkyl halides is 3. The maximum Gasteiger partial charge on any atom is 0.573 e. The summed E-state index contributed by atoms with van der Waals surface area (Å²) in [6.07, 6.45) is -2.88. The van der Waals surface area contributed by atoms with Crippen LogP contribution in [0.25, 0.3) is 0 Å². The molecule has 0 atom stereocenters. The molecule has 1 aromatic rings. The summed E-state index contributed by atoms with van der Waals surface area (Å²) in [5.41, 5.74) is 5.56. The molecule has 2 rings (SSSR count). The smallest absolute Gasteiger partial charge is 0.404 e. The normalized spacial score (nSPS) is 15.0. The Hall–Kier alpha value is -1.92. The zero-order valence-electron chi connectivity index (χ0n) is 10.9. The van der Waals surface area contributed by atoms with Gasteiger partial charge >= 0.3 is 6.36 Å². The molecule has 0 aromatic heterocycles. The fourth-order valence-electron chi connectivity index (χ4n) is 2.02. The molecule has 1 aliphatic rings. The molecule has 110 valence electrons. The van der Waals surface area contributed by atoms with Gasteiger partial charge in [0.05, 0.1) is 5.69 Å². The highest BCUT2D eigenvalue weighted by Gasteiger charge is 2.33. The summed E-state index contributed by atoms with van der Waals surface area (Å²) in [7, 11) is 0. The minimum atomic E-state index is -4.80. The van der Waals surface area contributed by atoms with E-state index in [9.17, 15) is 18.0 Å². The molecule has 1 aromatic carbocycles. The van der Waals surface area contributed by atoms with Crippen LogP contribution < -0.4 is 10.5 Å². The Labute approximate surface area is 114 Å². The van der Waals surface area contributed by atoms with Crippen LogP contribution in [0.1, 0.15) is 30.1 Å². The van der Waals surface area contributed by atoms with Crippen LogP contribution in [0.2, 0.25) is 0 Å². The Kier molecular flexibility index (Phi) is 3.78. The van der Waals surface area contributed by atoms with Gasteiger partial charge in [-0.15, -0.1) is 13.2 Å². The molecule has 0 unspecified atom stereocenters. The number of nitrogens with zero attached hydrogens (tertiary/aromatic N) is 1. The summed E-state index contributed by atoms with van der Waals surface area (Å²) in [6.45, 7) is 2.42. The zero-order chi connectivity index (χ0) is 14.9. The summed E-state index contributed by atoms with van der Waals surface area (Å²) in [6, 6.07) is 3.82. The topological polar surface area (TPSA) is 55.6 Å². The Morgan fingerprint density at radius 3 is 2.55 bits per heavy atom. The van der Waals surface area contributed by atoms with Crippen molar-refractivity contribution in [3.05, 3.63) is 23.8 Å². The van der Waals surface area contributed by atoms with Gasteiger partial charge in [0.2, 0.25) is 0 Å². The van der Waals surface area contributed by atoms with Crippen molar-refractivity contribution in [1.29, 1.82) is 0 Å². The van der Waals surface area contributed by atoms with Gasteiger partial charge in [0.25, 0.3) is 5.91 Å². The fourth-order valence-corrected chi connectivity index (χ4v) is 2.02. The molecule has 0 heterocycles. The van der Waals surface area contributed by atoms with Gasteiger partial charge in [-0.2, -0.15) is 0 Å². The number of amides is 1. The van der Waals surface area contributed by atoms with Gasteiger partial charge in [-0.1, -0.05) is 0 Å². The average Bonchev–Trinajstić information content (AvgIpc) is 3.15. The van der Waals surface area contributed by atoms with Crippen LogP contribution in [-0.4, -0.2) is 29.8 Å². The van der Waals surface area contributed by atoms with Gasteiger partial charge in [0.15, 0.2) is 5.75 Å². The molecule has 1 saturated carbocycles. The molecule has 1 fully saturated rings. The van der Waals surface area contributed by atoms with Crippen LogP contribution in [0.15, 0.2) is 18.2 Å². The molecule has 1 aliphatic carbocycles. The van der Waals surface area contributed by atoms with Crippen LogP contribution in [0, 0.1) is 0 Å². The first-order valence-electron chi connectivity index (χ1n) is 6.28. The van der Waals surface area contributed by atoms with Crippen molar-refractivity contribution in [2.75, 3.05) is 12.3 Å². The summed E-state index contributed by atoms with van der Waals surface area (Å²) in [4.78, 5) is 13.9. The van der Waals surface area contributed by atoms with Crippen molar-refractivity contribution in [3.63, 3.8) is 0 Å². The highest BCUT2D eigenvalue weighted by molar-refractivity contribution is 5.95. The van der Waals surface area contributed by atoms with Crippen LogP contribution >= 0.6 is 0 Å². The van der Waals surface area contributed by atoms with Crippen molar-refractivity contribution in [2.45, 2.75) is 32.2 Å². The van der Waals surface area contributed by atoms with Crippen LogP contribution in [0.4, 0.5) is 18.9 Å². The molecule has 20 heavy (non-hydrogen) atoms. The molecular formula is C13H15F3N2O2. The van der Waals surface area contributed by atoms with E-state index in [1.807, 2.05) is 6.92 Å². The molecular weight excluding hydrogens is 273 g/mol. The Morgan fingerprint density at radius 1 is 1.45 bits per heavy atom. The van der Waals surface area contributed by atoms with Gasteiger partial charge in [-0.05, 0) is 38.0 Å². The predicted molar refractivity (Wildman–Crippen MR) is 67.3 cm³/mol. The minimum Gasteiger partial charge on any atom is -0.404 e. The van der Waals surface area contributed by atoms with Crippen molar-refractivity contribution < 1.29 is 22.7 Å². The number of halogens is 3. The van der Waals surface area contributed by atoms with E-state index in [4.69, 9.17) is 5.73 Å². The molecule has 0 radical (unpaired) electrons. The Morgan fingerprint density at radius 2 is 2.10 bits per heavy atom. The van der Waals surface area contributed by atoms with E-state index in [1.54, 1.807) is 4.90 Å². The SMILES string of the molecule is CCN(C(=O)c1ccc(OC(F)(F)F)c(N)c1)C1CC1. The third kappa shape index (κ3) is 3.34. The van der Waals surface area contributed by atoms with Crippen LogP contribution in [0.5, 0.6) is 5.75 Å². The van der Waals surface area contributed by atoms with Crippen LogP contribution in [0.3, 0.4) is 0 Å². The first-order chi connectivity index (χ1) is 9.31. The maximum atomic E-state index is 12.2. The van der Waals surface area contributed by atoms with Crippen molar-refractivity contribution in [1.82, 2.24) is 4.90 Å². The second-order valence-corrected chi connectivity index (χ2v) is 4.62. The molecule has 1 amide bonds. The second kappa shape index (κ2) is 5.22. The highest BCUT2D eigenvalue weighted by atomic mass is 19.4. The monoisotopic (exact) mass is 288 g/mol. The summed E-state index contributed by atoms with van der Waals surface area (Å²) in [5.74, 6) is -0.719. The van der Waals surface area contributed by atoms with Gasteiger partial charge < -0.3 is 15.4 Å².